The quantitative estimate of drug-likeness (QED) is 0.382. The zero-order chi connectivity index (χ0) is 27.9. The van der Waals surface area contributed by atoms with Crippen molar-refractivity contribution in [2.75, 3.05) is 17.8 Å². The highest BCUT2D eigenvalue weighted by atomic mass is 32.2. The number of hydrogen-bond acceptors (Lipinski definition) is 6. The first-order valence-corrected chi connectivity index (χ1v) is 14.3. The van der Waals surface area contributed by atoms with Gasteiger partial charge in [-0.25, -0.2) is 13.2 Å². The molecule has 1 aromatic heterocycles. The van der Waals surface area contributed by atoms with Gasteiger partial charge in [0.25, 0.3) is 10.0 Å². The number of aliphatic carboxylic acids is 1. The summed E-state index contributed by atoms with van der Waals surface area (Å²) in [6.45, 7) is 0.759. The molecular formula is C25H23F3N4O5S2. The maximum absolute atomic E-state index is 13.4. The van der Waals surface area contributed by atoms with E-state index in [0.29, 0.717) is 53.6 Å². The fourth-order valence-electron chi connectivity index (χ4n) is 4.80. The Hall–Kier alpha value is -3.52. The number of amides is 1. The van der Waals surface area contributed by atoms with Crippen LogP contribution in [0, 0.1) is 0 Å². The number of carbonyl (C=O) groups is 2. The number of anilines is 1. The number of halogens is 3. The van der Waals surface area contributed by atoms with Crippen LogP contribution in [0.5, 0.6) is 0 Å². The number of carboxylic acids is 1. The number of alkyl halides is 3. The van der Waals surface area contributed by atoms with Crippen molar-refractivity contribution in [3.05, 3.63) is 59.8 Å². The van der Waals surface area contributed by atoms with E-state index in [1.807, 2.05) is 0 Å². The lowest BCUT2D eigenvalue weighted by atomic mass is 10.2. The molecule has 2 atom stereocenters. The van der Waals surface area contributed by atoms with Gasteiger partial charge in [-0.2, -0.15) is 13.2 Å². The Labute approximate surface area is 225 Å². The number of benzene rings is 2. The van der Waals surface area contributed by atoms with Crippen molar-refractivity contribution in [3.63, 3.8) is 0 Å². The number of carbonyl (C=O) groups excluding carboxylic acids is 1. The van der Waals surface area contributed by atoms with Crippen LogP contribution in [0.15, 0.2) is 58.4 Å². The zero-order valence-corrected chi connectivity index (χ0v) is 21.9. The molecule has 0 aliphatic carbocycles. The third-order valence-corrected chi connectivity index (χ3v) is 9.24. The summed E-state index contributed by atoms with van der Waals surface area (Å²) in [6, 6.07) is 9.63. The van der Waals surface area contributed by atoms with Crippen LogP contribution in [0.25, 0.3) is 10.9 Å². The van der Waals surface area contributed by atoms with Crippen molar-refractivity contribution >= 4 is 55.3 Å². The number of thioether (sulfide) groups is 1. The van der Waals surface area contributed by atoms with Crippen molar-refractivity contribution < 1.29 is 36.3 Å². The third kappa shape index (κ3) is 5.48. The van der Waals surface area contributed by atoms with E-state index in [2.05, 4.69) is 14.7 Å². The fourth-order valence-corrected chi connectivity index (χ4v) is 7.17. The van der Waals surface area contributed by atoms with Crippen LogP contribution in [-0.4, -0.2) is 64.7 Å². The van der Waals surface area contributed by atoms with Crippen LogP contribution in [0.3, 0.4) is 0 Å². The molecule has 0 saturated carbocycles. The van der Waals surface area contributed by atoms with Crippen LogP contribution in [-0.2, 0) is 25.8 Å². The first-order chi connectivity index (χ1) is 18.4. The molecule has 3 heterocycles. The number of fused-ring (bicyclic) bond motifs is 1. The van der Waals surface area contributed by atoms with Gasteiger partial charge < -0.3 is 15.0 Å². The summed E-state index contributed by atoms with van der Waals surface area (Å²) in [5.74, 6) is -1.25. The standard InChI is InChI=1S/C25H23F3N4O5S2/c26-25(27,28)16-6-1-2-9-20(16)39(36,37)31-17-7-3-5-14-11-18(30-22(14)17)23-29-13-15(38-23)12-21(33)32-10-4-8-19(32)24(34)35/h1-3,5-7,9,11,15,19,30-31H,4,8,10,12-13H2,(H,34,35)/t15?,19-/m0/s1. The maximum Gasteiger partial charge on any atom is 0.417 e. The highest BCUT2D eigenvalue weighted by Gasteiger charge is 2.38. The molecule has 2 aliphatic rings. The average Bonchev–Trinajstić information content (AvgIpc) is 3.63. The maximum atomic E-state index is 13.4. The number of likely N-dealkylation sites (tertiary alicyclic amines) is 1. The predicted octanol–water partition coefficient (Wildman–Crippen LogP) is 4.32. The number of aliphatic imine (C=N–C) groups is 1. The number of H-pyrrole nitrogens is 1. The molecule has 0 bridgehead atoms. The number of para-hydroxylation sites is 1. The van der Waals surface area contributed by atoms with Crippen LogP contribution < -0.4 is 4.72 Å². The van der Waals surface area contributed by atoms with Crippen LogP contribution >= 0.6 is 11.8 Å². The molecule has 3 aromatic rings. The smallest absolute Gasteiger partial charge is 0.417 e. The Morgan fingerprint density at radius 1 is 1.18 bits per heavy atom. The summed E-state index contributed by atoms with van der Waals surface area (Å²) < 4.78 is 68.5. The van der Waals surface area contributed by atoms with E-state index in [1.165, 1.54) is 28.8 Å². The number of hydrogen-bond donors (Lipinski definition) is 3. The topological polar surface area (TPSA) is 132 Å². The molecule has 1 fully saturated rings. The summed E-state index contributed by atoms with van der Waals surface area (Å²) in [5, 5.41) is 10.4. The number of aromatic nitrogens is 1. The number of aromatic amines is 1. The molecule has 2 aliphatic heterocycles. The Bertz CT molecular complexity index is 1590. The minimum atomic E-state index is -4.85. The lowest BCUT2D eigenvalue weighted by Gasteiger charge is -2.22. The second kappa shape index (κ2) is 10.2. The molecule has 1 unspecified atom stereocenters. The zero-order valence-electron chi connectivity index (χ0n) is 20.2. The molecule has 1 saturated heterocycles. The van der Waals surface area contributed by atoms with Crippen LogP contribution in [0.2, 0.25) is 0 Å². The van der Waals surface area contributed by atoms with Crippen LogP contribution in [0.4, 0.5) is 18.9 Å². The third-order valence-electron chi connectivity index (χ3n) is 6.59. The van der Waals surface area contributed by atoms with Crippen LogP contribution in [0.1, 0.15) is 30.5 Å². The Morgan fingerprint density at radius 2 is 1.95 bits per heavy atom. The monoisotopic (exact) mass is 580 g/mol. The first kappa shape index (κ1) is 27.1. The van der Waals surface area contributed by atoms with Gasteiger partial charge in [-0.3, -0.25) is 14.5 Å². The molecule has 0 spiro atoms. The lowest BCUT2D eigenvalue weighted by molar-refractivity contribution is -0.148. The van der Waals surface area contributed by atoms with E-state index in [1.54, 1.807) is 18.2 Å². The molecule has 3 N–H and O–H groups in total. The molecule has 5 rings (SSSR count). The summed E-state index contributed by atoms with van der Waals surface area (Å²) in [6.07, 6.45) is -3.64. The van der Waals surface area contributed by atoms with Gasteiger partial charge in [0.15, 0.2) is 0 Å². The van der Waals surface area contributed by atoms with Crippen molar-refractivity contribution in [1.82, 2.24) is 9.88 Å². The van der Waals surface area contributed by atoms with Crippen molar-refractivity contribution in [1.29, 1.82) is 0 Å². The molecular weight excluding hydrogens is 557 g/mol. The SMILES string of the molecule is O=C(O)[C@@H]1CCCN1C(=O)CC1CN=C(c2cc3cccc(NS(=O)(=O)c4ccccc4C(F)(F)F)c3[nH]2)S1. The molecule has 39 heavy (non-hydrogen) atoms. The van der Waals surface area contributed by atoms with E-state index < -0.39 is 38.7 Å². The summed E-state index contributed by atoms with van der Waals surface area (Å²) in [4.78, 5) is 32.3. The van der Waals surface area contributed by atoms with E-state index in [0.717, 1.165) is 12.1 Å². The Kier molecular flexibility index (Phi) is 7.10. The van der Waals surface area contributed by atoms with Gasteiger partial charge in [0.05, 0.1) is 33.9 Å². The Balaban J connectivity index is 1.33. The Morgan fingerprint density at radius 3 is 2.69 bits per heavy atom. The van der Waals surface area contributed by atoms with Gasteiger partial charge in [0, 0.05) is 23.6 Å². The number of carboxylic acid groups (broad SMARTS) is 1. The lowest BCUT2D eigenvalue weighted by Crippen LogP contribution is -2.41. The highest BCUT2D eigenvalue weighted by molar-refractivity contribution is 8.15. The number of nitrogens with one attached hydrogen (secondary N) is 2. The molecule has 206 valence electrons. The first-order valence-electron chi connectivity index (χ1n) is 12.0. The number of rotatable bonds is 7. The average molecular weight is 581 g/mol. The van der Waals surface area contributed by atoms with E-state index >= 15 is 0 Å². The van der Waals surface area contributed by atoms with Crippen molar-refractivity contribution in [3.8, 4) is 0 Å². The largest absolute Gasteiger partial charge is 0.480 e. The van der Waals surface area contributed by atoms with E-state index in [9.17, 15) is 36.3 Å². The van der Waals surface area contributed by atoms with E-state index in [-0.39, 0.29) is 23.3 Å². The normalized spacial score (nSPS) is 19.9. The van der Waals surface area contributed by atoms with Gasteiger partial charge >= 0.3 is 12.1 Å². The van der Waals surface area contributed by atoms with Gasteiger partial charge in [0.2, 0.25) is 5.91 Å². The molecule has 14 heteroatoms. The van der Waals surface area contributed by atoms with Gasteiger partial charge in [-0.05, 0) is 37.1 Å². The summed E-state index contributed by atoms with van der Waals surface area (Å²) in [7, 11) is -4.58. The summed E-state index contributed by atoms with van der Waals surface area (Å²) in [5.41, 5.74) is -0.265. The number of sulfonamides is 1. The summed E-state index contributed by atoms with van der Waals surface area (Å²) >= 11 is 1.36. The molecule has 1 amide bonds. The number of nitrogens with zero attached hydrogens (tertiary/aromatic N) is 2. The highest BCUT2D eigenvalue weighted by Crippen LogP contribution is 2.36. The minimum Gasteiger partial charge on any atom is -0.480 e. The fraction of sp³-hybridized carbons (Fsp3) is 0.320. The molecule has 9 nitrogen and oxygen atoms in total. The minimum absolute atomic E-state index is 0.0693. The molecule has 0 radical (unpaired) electrons. The van der Waals surface area contributed by atoms with Crippen molar-refractivity contribution in [2.24, 2.45) is 4.99 Å². The van der Waals surface area contributed by atoms with E-state index in [4.69, 9.17) is 0 Å². The van der Waals surface area contributed by atoms with Crippen molar-refractivity contribution in [2.45, 2.75) is 41.6 Å². The van der Waals surface area contributed by atoms with Gasteiger partial charge in [-0.1, -0.05) is 36.0 Å². The van der Waals surface area contributed by atoms with Gasteiger partial charge in [0.1, 0.15) is 11.1 Å². The second-order valence-corrected chi connectivity index (χ2v) is 12.2. The van der Waals surface area contributed by atoms with Gasteiger partial charge in [-0.15, -0.1) is 0 Å². The molecule has 2 aromatic carbocycles. The predicted molar refractivity (Wildman–Crippen MR) is 140 cm³/mol. The second-order valence-electron chi connectivity index (χ2n) is 9.23.